The summed E-state index contributed by atoms with van der Waals surface area (Å²) in [6.45, 7) is 6.16. The average molecular weight is 499 g/mol. The van der Waals surface area contributed by atoms with Crippen molar-refractivity contribution < 1.29 is 14.3 Å². The lowest BCUT2D eigenvalue weighted by molar-refractivity contribution is -0.113. The van der Waals surface area contributed by atoms with Crippen molar-refractivity contribution >= 4 is 41.2 Å². The number of carbonyl (C=O) groups is 1. The van der Waals surface area contributed by atoms with Gasteiger partial charge in [-0.15, -0.1) is 10.2 Å². The summed E-state index contributed by atoms with van der Waals surface area (Å²) >= 11 is 1.14. The van der Waals surface area contributed by atoms with Crippen LogP contribution in [0.15, 0.2) is 52.7 Å². The standard InChI is InChI=1S/C23H30N8O3S/c1-5-30(6-2)17-9-7-16(8-10-17)14-25-27-22-28-29-23(31(22)24)35-15-21(32)26-19-12-11-18(33-3)13-20(19)34-4/h7-14H,5-6,15,24H2,1-4H3,(H,26,32)(H,27,28)/b25-14+. The number of carbonyl (C=O) groups excluding carboxylic acids is 1. The normalized spacial score (nSPS) is 10.9. The number of hydrogen-bond acceptors (Lipinski definition) is 10. The molecule has 0 radical (unpaired) electrons. The Morgan fingerprint density at radius 3 is 2.54 bits per heavy atom. The van der Waals surface area contributed by atoms with Crippen LogP contribution in [0.3, 0.4) is 0 Å². The summed E-state index contributed by atoms with van der Waals surface area (Å²) in [7, 11) is 3.08. The molecule has 12 heteroatoms. The van der Waals surface area contributed by atoms with E-state index in [0.29, 0.717) is 22.3 Å². The van der Waals surface area contributed by atoms with Gasteiger partial charge in [0.05, 0.1) is 31.9 Å². The maximum atomic E-state index is 12.4. The third-order valence-electron chi connectivity index (χ3n) is 5.08. The van der Waals surface area contributed by atoms with Gasteiger partial charge in [0.15, 0.2) is 0 Å². The molecule has 3 rings (SSSR count). The number of aromatic nitrogens is 3. The van der Waals surface area contributed by atoms with E-state index in [1.54, 1.807) is 31.5 Å². The number of rotatable bonds is 12. The first kappa shape index (κ1) is 25.7. The number of hydrogen-bond donors (Lipinski definition) is 3. The quantitative estimate of drug-likeness (QED) is 0.149. The number of methoxy groups -OCH3 is 2. The summed E-state index contributed by atoms with van der Waals surface area (Å²) in [5, 5.41) is 15.3. The molecule has 1 heterocycles. The van der Waals surface area contributed by atoms with Crippen LogP contribution in [0.2, 0.25) is 0 Å². The molecule has 0 spiro atoms. The van der Waals surface area contributed by atoms with Gasteiger partial charge in [-0.1, -0.05) is 23.9 Å². The second-order valence-electron chi connectivity index (χ2n) is 7.21. The Morgan fingerprint density at radius 1 is 1.14 bits per heavy atom. The number of anilines is 3. The molecular formula is C23H30N8O3S. The molecule has 0 aliphatic heterocycles. The van der Waals surface area contributed by atoms with Crippen LogP contribution in [-0.4, -0.2) is 60.1 Å². The second kappa shape index (κ2) is 12.5. The molecule has 0 bridgehead atoms. The van der Waals surface area contributed by atoms with E-state index in [1.807, 2.05) is 12.1 Å². The van der Waals surface area contributed by atoms with Gasteiger partial charge in [0.2, 0.25) is 11.1 Å². The maximum absolute atomic E-state index is 12.4. The van der Waals surface area contributed by atoms with Crippen molar-refractivity contribution in [2.24, 2.45) is 5.10 Å². The van der Waals surface area contributed by atoms with Crippen molar-refractivity contribution in [3.63, 3.8) is 0 Å². The zero-order chi connectivity index (χ0) is 25.2. The highest BCUT2D eigenvalue weighted by molar-refractivity contribution is 7.99. The minimum atomic E-state index is -0.248. The summed E-state index contributed by atoms with van der Waals surface area (Å²) in [5.74, 6) is 7.25. The Bertz CT molecular complexity index is 1150. The number of nitrogens with zero attached hydrogens (tertiary/aromatic N) is 5. The van der Waals surface area contributed by atoms with Crippen LogP contribution < -0.4 is 31.0 Å². The molecule has 35 heavy (non-hydrogen) atoms. The number of nitrogen functional groups attached to an aromatic ring is 1. The molecule has 0 aliphatic rings. The van der Waals surface area contributed by atoms with Crippen molar-refractivity contribution in [2.75, 3.05) is 54.5 Å². The SMILES string of the molecule is CCN(CC)c1ccc(/C=N/Nc2nnc(SCC(=O)Nc3ccc(OC)cc3OC)n2N)cc1. The van der Waals surface area contributed by atoms with Crippen molar-refractivity contribution in [2.45, 2.75) is 19.0 Å². The zero-order valence-corrected chi connectivity index (χ0v) is 21.0. The molecule has 1 aromatic heterocycles. The first-order valence-electron chi connectivity index (χ1n) is 11.0. The fourth-order valence-corrected chi connectivity index (χ4v) is 3.85. The van der Waals surface area contributed by atoms with Gasteiger partial charge in [0, 0.05) is 24.8 Å². The molecule has 3 aromatic rings. The van der Waals surface area contributed by atoms with Crippen molar-refractivity contribution in [3.05, 3.63) is 48.0 Å². The highest BCUT2D eigenvalue weighted by Gasteiger charge is 2.14. The van der Waals surface area contributed by atoms with Crippen molar-refractivity contribution in [1.29, 1.82) is 0 Å². The van der Waals surface area contributed by atoms with Crippen LogP contribution >= 0.6 is 11.8 Å². The molecular weight excluding hydrogens is 468 g/mol. The van der Waals surface area contributed by atoms with E-state index in [4.69, 9.17) is 15.3 Å². The van der Waals surface area contributed by atoms with Gasteiger partial charge in [-0.25, -0.2) is 10.1 Å². The molecule has 0 atom stereocenters. The fourth-order valence-electron chi connectivity index (χ4n) is 3.19. The van der Waals surface area contributed by atoms with E-state index >= 15 is 0 Å². The topological polar surface area (TPSA) is 132 Å². The van der Waals surface area contributed by atoms with Crippen LogP contribution in [0, 0.1) is 0 Å². The molecule has 186 valence electrons. The Hall–Kier alpha value is -3.93. The third-order valence-corrected chi connectivity index (χ3v) is 6.02. The first-order chi connectivity index (χ1) is 17.0. The predicted octanol–water partition coefficient (Wildman–Crippen LogP) is 3.03. The zero-order valence-electron chi connectivity index (χ0n) is 20.2. The highest BCUT2D eigenvalue weighted by atomic mass is 32.2. The lowest BCUT2D eigenvalue weighted by Gasteiger charge is -2.20. The van der Waals surface area contributed by atoms with E-state index < -0.39 is 0 Å². The molecule has 1 amide bonds. The molecule has 0 fully saturated rings. The number of hydrazone groups is 1. The average Bonchev–Trinajstić information content (AvgIpc) is 3.23. The number of benzene rings is 2. The Morgan fingerprint density at radius 2 is 1.89 bits per heavy atom. The highest BCUT2D eigenvalue weighted by Crippen LogP contribution is 2.29. The lowest BCUT2D eigenvalue weighted by Crippen LogP contribution is -2.21. The van der Waals surface area contributed by atoms with E-state index in [1.165, 1.54) is 11.8 Å². The van der Waals surface area contributed by atoms with E-state index in [2.05, 4.69) is 56.9 Å². The van der Waals surface area contributed by atoms with Crippen molar-refractivity contribution in [1.82, 2.24) is 14.9 Å². The van der Waals surface area contributed by atoms with Crippen LogP contribution in [0.1, 0.15) is 19.4 Å². The smallest absolute Gasteiger partial charge is 0.264 e. The number of amides is 1. The van der Waals surface area contributed by atoms with Gasteiger partial charge >= 0.3 is 0 Å². The lowest BCUT2D eigenvalue weighted by atomic mass is 10.2. The molecule has 0 unspecified atom stereocenters. The minimum Gasteiger partial charge on any atom is -0.497 e. The van der Waals surface area contributed by atoms with Gasteiger partial charge in [-0.2, -0.15) is 5.10 Å². The molecule has 11 nitrogen and oxygen atoms in total. The van der Waals surface area contributed by atoms with Gasteiger partial charge in [-0.05, 0) is 43.7 Å². The van der Waals surface area contributed by atoms with E-state index in [-0.39, 0.29) is 17.6 Å². The fraction of sp³-hybridized carbons (Fsp3) is 0.304. The summed E-state index contributed by atoms with van der Waals surface area (Å²) in [5.41, 5.74) is 5.41. The molecule has 0 aliphatic carbocycles. The van der Waals surface area contributed by atoms with Crippen LogP contribution in [0.5, 0.6) is 11.5 Å². The molecule has 4 N–H and O–H groups in total. The monoisotopic (exact) mass is 498 g/mol. The van der Waals surface area contributed by atoms with Gasteiger partial charge in [-0.3, -0.25) is 4.79 Å². The number of nitrogens with two attached hydrogens (primary N) is 1. The van der Waals surface area contributed by atoms with Crippen LogP contribution in [0.4, 0.5) is 17.3 Å². The van der Waals surface area contributed by atoms with Crippen LogP contribution in [0.25, 0.3) is 0 Å². The maximum Gasteiger partial charge on any atom is 0.264 e. The molecule has 0 saturated carbocycles. The molecule has 2 aromatic carbocycles. The first-order valence-corrected chi connectivity index (χ1v) is 12.0. The van der Waals surface area contributed by atoms with E-state index in [0.717, 1.165) is 36.1 Å². The molecule has 0 saturated heterocycles. The number of nitrogens with one attached hydrogen (secondary N) is 2. The van der Waals surface area contributed by atoms with E-state index in [9.17, 15) is 4.79 Å². The second-order valence-corrected chi connectivity index (χ2v) is 8.16. The largest absolute Gasteiger partial charge is 0.497 e. The summed E-state index contributed by atoms with van der Waals surface area (Å²) in [4.78, 5) is 14.7. The minimum absolute atomic E-state index is 0.0761. The third kappa shape index (κ3) is 6.79. The summed E-state index contributed by atoms with van der Waals surface area (Å²) < 4.78 is 11.7. The van der Waals surface area contributed by atoms with Gasteiger partial charge in [0.25, 0.3) is 5.95 Å². The summed E-state index contributed by atoms with van der Waals surface area (Å²) in [6.07, 6.45) is 1.67. The van der Waals surface area contributed by atoms with Gasteiger partial charge in [0.1, 0.15) is 11.5 Å². The van der Waals surface area contributed by atoms with Crippen LogP contribution in [-0.2, 0) is 4.79 Å². The predicted molar refractivity (Wildman–Crippen MR) is 140 cm³/mol. The number of ether oxygens (including phenoxy) is 2. The Labute approximate surface area is 208 Å². The summed E-state index contributed by atoms with van der Waals surface area (Å²) in [6, 6.07) is 13.2. The Kier molecular flexibility index (Phi) is 9.18. The number of thioether (sulfide) groups is 1. The van der Waals surface area contributed by atoms with Crippen molar-refractivity contribution in [3.8, 4) is 11.5 Å². The Balaban J connectivity index is 1.53. The van der Waals surface area contributed by atoms with Gasteiger partial charge < -0.3 is 25.5 Å².